The second kappa shape index (κ2) is 7.61. The first-order chi connectivity index (χ1) is 10.2. The Morgan fingerprint density at radius 2 is 2.24 bits per heavy atom. The number of nitrogens with zero attached hydrogens (tertiary/aromatic N) is 2. The predicted octanol–water partition coefficient (Wildman–Crippen LogP) is 3.57. The molecule has 0 amide bonds. The number of benzene rings is 1. The van der Waals surface area contributed by atoms with Crippen molar-refractivity contribution in [1.82, 2.24) is 15.1 Å². The molecule has 0 aliphatic carbocycles. The van der Waals surface area contributed by atoms with E-state index in [4.69, 9.17) is 4.74 Å². The van der Waals surface area contributed by atoms with E-state index >= 15 is 0 Å². The van der Waals surface area contributed by atoms with Crippen molar-refractivity contribution in [1.29, 1.82) is 0 Å². The van der Waals surface area contributed by atoms with Gasteiger partial charge in [-0.2, -0.15) is 5.10 Å². The minimum absolute atomic E-state index is 0.170. The second-order valence-electron chi connectivity index (χ2n) is 5.00. The molecule has 21 heavy (non-hydrogen) atoms. The van der Waals surface area contributed by atoms with Crippen molar-refractivity contribution in [3.05, 3.63) is 46.2 Å². The van der Waals surface area contributed by atoms with Crippen LogP contribution >= 0.6 is 15.9 Å². The summed E-state index contributed by atoms with van der Waals surface area (Å²) < 4.78 is 8.62. The molecular weight excluding hydrogens is 330 g/mol. The molecule has 0 fully saturated rings. The number of nitrogens with one attached hydrogen (secondary N) is 1. The van der Waals surface area contributed by atoms with Gasteiger partial charge < -0.3 is 10.1 Å². The van der Waals surface area contributed by atoms with Gasteiger partial charge in [0.25, 0.3) is 0 Å². The van der Waals surface area contributed by atoms with Crippen LogP contribution in [-0.4, -0.2) is 23.9 Å². The van der Waals surface area contributed by atoms with E-state index in [2.05, 4.69) is 51.5 Å². The van der Waals surface area contributed by atoms with Crippen molar-refractivity contribution in [2.45, 2.75) is 32.4 Å². The molecule has 2 rings (SSSR count). The summed E-state index contributed by atoms with van der Waals surface area (Å²) in [5.74, 6) is 0.845. The molecule has 1 aromatic heterocycles. The van der Waals surface area contributed by atoms with Crippen LogP contribution in [0.15, 0.2) is 34.9 Å². The van der Waals surface area contributed by atoms with Gasteiger partial charge in [-0.1, -0.05) is 35.0 Å². The monoisotopic (exact) mass is 351 g/mol. The maximum atomic E-state index is 5.48. The average molecular weight is 352 g/mol. The zero-order valence-electron chi connectivity index (χ0n) is 12.8. The first-order valence-electron chi connectivity index (χ1n) is 7.21. The fourth-order valence-electron chi connectivity index (χ4n) is 2.51. The normalized spacial score (nSPS) is 12.4. The zero-order chi connectivity index (χ0) is 15.2. The van der Waals surface area contributed by atoms with Crippen molar-refractivity contribution in [3.63, 3.8) is 0 Å². The van der Waals surface area contributed by atoms with Crippen molar-refractivity contribution in [2.75, 3.05) is 14.2 Å². The maximum Gasteiger partial charge on any atom is 0.161 e. The van der Waals surface area contributed by atoms with Gasteiger partial charge in [-0.3, -0.25) is 4.68 Å². The number of aryl methyl sites for hydroxylation is 1. The average Bonchev–Trinajstić information content (AvgIpc) is 2.88. The van der Waals surface area contributed by atoms with Gasteiger partial charge in [0.1, 0.15) is 0 Å². The molecule has 114 valence electrons. The fraction of sp³-hybridized carbons (Fsp3) is 0.438. The van der Waals surface area contributed by atoms with E-state index in [1.807, 2.05) is 17.8 Å². The van der Waals surface area contributed by atoms with Gasteiger partial charge in [0, 0.05) is 11.0 Å². The summed E-state index contributed by atoms with van der Waals surface area (Å²) in [5.41, 5.74) is 2.39. The van der Waals surface area contributed by atoms with Gasteiger partial charge in [0.05, 0.1) is 25.0 Å². The van der Waals surface area contributed by atoms with Crippen LogP contribution in [0.4, 0.5) is 0 Å². The summed E-state index contributed by atoms with van der Waals surface area (Å²) in [6, 6.07) is 8.56. The molecule has 0 aliphatic rings. The highest BCUT2D eigenvalue weighted by Crippen LogP contribution is 2.28. The summed E-state index contributed by atoms with van der Waals surface area (Å²) >= 11 is 3.53. The van der Waals surface area contributed by atoms with Crippen molar-refractivity contribution >= 4 is 15.9 Å². The highest BCUT2D eigenvalue weighted by molar-refractivity contribution is 9.10. The number of ether oxygens (including phenoxy) is 1. The maximum absolute atomic E-state index is 5.48. The van der Waals surface area contributed by atoms with Crippen LogP contribution in [0.1, 0.15) is 30.6 Å². The van der Waals surface area contributed by atoms with Crippen LogP contribution in [0.3, 0.4) is 0 Å². The van der Waals surface area contributed by atoms with Gasteiger partial charge in [0.15, 0.2) is 5.75 Å². The first kappa shape index (κ1) is 16.0. The second-order valence-corrected chi connectivity index (χ2v) is 5.91. The van der Waals surface area contributed by atoms with Gasteiger partial charge in [-0.05, 0) is 37.6 Å². The molecule has 0 spiro atoms. The molecule has 1 N–H and O–H groups in total. The van der Waals surface area contributed by atoms with Crippen LogP contribution in [0.2, 0.25) is 0 Å². The van der Waals surface area contributed by atoms with Crippen LogP contribution in [0.25, 0.3) is 0 Å². The quantitative estimate of drug-likeness (QED) is 0.828. The Morgan fingerprint density at radius 1 is 1.43 bits per heavy atom. The van der Waals surface area contributed by atoms with Crippen molar-refractivity contribution in [3.8, 4) is 5.75 Å². The molecule has 4 nitrogen and oxygen atoms in total. The van der Waals surface area contributed by atoms with E-state index in [0.717, 1.165) is 35.3 Å². The lowest BCUT2D eigenvalue weighted by Gasteiger charge is -2.19. The predicted molar refractivity (Wildman–Crippen MR) is 88.7 cm³/mol. The summed E-state index contributed by atoms with van der Waals surface area (Å²) in [6.07, 6.45) is 3.74. The molecule has 1 unspecified atom stereocenters. The number of methoxy groups -OCH3 is 1. The Morgan fingerprint density at radius 3 is 2.86 bits per heavy atom. The molecule has 0 saturated heterocycles. The third-order valence-corrected chi connectivity index (χ3v) is 4.00. The van der Waals surface area contributed by atoms with Crippen molar-refractivity contribution in [2.24, 2.45) is 0 Å². The van der Waals surface area contributed by atoms with Gasteiger partial charge >= 0.3 is 0 Å². The molecule has 1 aromatic carbocycles. The Bertz CT molecular complexity index is 583. The number of likely N-dealkylation sites (N-methyl/N-ethyl adjacent to an activating group) is 1. The topological polar surface area (TPSA) is 39.1 Å². The molecule has 1 heterocycles. The highest BCUT2D eigenvalue weighted by Gasteiger charge is 2.20. The van der Waals surface area contributed by atoms with Gasteiger partial charge in [-0.25, -0.2) is 0 Å². The highest BCUT2D eigenvalue weighted by atomic mass is 79.9. The molecule has 2 aromatic rings. The summed E-state index contributed by atoms with van der Waals surface area (Å²) in [7, 11) is 3.67. The minimum Gasteiger partial charge on any atom is -0.493 e. The third-order valence-electron chi connectivity index (χ3n) is 3.51. The fourth-order valence-corrected chi connectivity index (χ4v) is 2.96. The third kappa shape index (κ3) is 3.86. The van der Waals surface area contributed by atoms with Crippen molar-refractivity contribution < 1.29 is 4.74 Å². The lowest BCUT2D eigenvalue weighted by Crippen LogP contribution is -2.23. The Balaban J connectivity index is 2.30. The van der Waals surface area contributed by atoms with E-state index in [1.165, 1.54) is 5.56 Å². The summed E-state index contributed by atoms with van der Waals surface area (Å²) in [6.45, 7) is 3.05. The van der Waals surface area contributed by atoms with E-state index < -0.39 is 0 Å². The molecular formula is C16H22BrN3O. The Kier molecular flexibility index (Phi) is 5.82. The Labute approximate surface area is 134 Å². The number of halogens is 1. The van der Waals surface area contributed by atoms with E-state index in [1.54, 1.807) is 13.3 Å². The van der Waals surface area contributed by atoms with E-state index in [9.17, 15) is 0 Å². The summed E-state index contributed by atoms with van der Waals surface area (Å²) in [4.78, 5) is 0. The van der Waals surface area contributed by atoms with Crippen LogP contribution in [0, 0.1) is 0 Å². The number of aromatic nitrogens is 2. The number of rotatable bonds is 7. The number of hydrogen-bond acceptors (Lipinski definition) is 3. The van der Waals surface area contributed by atoms with Crippen LogP contribution in [0.5, 0.6) is 5.75 Å². The van der Waals surface area contributed by atoms with Crippen LogP contribution < -0.4 is 10.1 Å². The first-order valence-corrected chi connectivity index (χ1v) is 8.00. The Hall–Kier alpha value is -1.33. The van der Waals surface area contributed by atoms with Gasteiger partial charge in [-0.15, -0.1) is 0 Å². The molecule has 0 bridgehead atoms. The van der Waals surface area contributed by atoms with E-state index in [-0.39, 0.29) is 6.04 Å². The minimum atomic E-state index is 0.170. The smallest absolute Gasteiger partial charge is 0.161 e. The number of hydrogen-bond donors (Lipinski definition) is 1. The standard InChI is InChI=1S/C16H22BrN3O/c1-4-8-20-16(15(21-3)11-19-20)14(18-2)10-12-6-5-7-13(17)9-12/h5-7,9,11,14,18H,4,8,10H2,1-3H3. The summed E-state index contributed by atoms with van der Waals surface area (Å²) in [5, 5.41) is 7.84. The zero-order valence-corrected chi connectivity index (χ0v) is 14.4. The molecule has 0 radical (unpaired) electrons. The van der Waals surface area contributed by atoms with Gasteiger partial charge in [0.2, 0.25) is 0 Å². The molecule has 1 atom stereocenters. The van der Waals surface area contributed by atoms with E-state index in [0.29, 0.717) is 0 Å². The SMILES string of the molecule is CCCn1ncc(OC)c1C(Cc1cccc(Br)c1)NC. The van der Waals surface area contributed by atoms with Crippen LogP contribution in [-0.2, 0) is 13.0 Å². The molecule has 0 aliphatic heterocycles. The molecule has 0 saturated carbocycles. The lowest BCUT2D eigenvalue weighted by atomic mass is 10.0. The lowest BCUT2D eigenvalue weighted by molar-refractivity contribution is 0.393. The largest absolute Gasteiger partial charge is 0.493 e. The molecule has 5 heteroatoms.